The van der Waals surface area contributed by atoms with E-state index in [1.165, 1.54) is 23.9 Å². The molecule has 2 rings (SSSR count). The highest BCUT2D eigenvalue weighted by Crippen LogP contribution is 2.30. The van der Waals surface area contributed by atoms with Gasteiger partial charge in [0.15, 0.2) is 0 Å². The number of thioether (sulfide) groups is 1. The minimum Gasteiger partial charge on any atom is -0.398 e. The summed E-state index contributed by atoms with van der Waals surface area (Å²) in [5.41, 5.74) is 7.50. The highest BCUT2D eigenvalue weighted by molar-refractivity contribution is 7.98. The van der Waals surface area contributed by atoms with Crippen LogP contribution >= 0.6 is 23.4 Å². The van der Waals surface area contributed by atoms with Crippen molar-refractivity contribution in [3.8, 4) is 6.07 Å². The number of nitrogens with two attached hydrogens (primary N) is 1. The summed E-state index contributed by atoms with van der Waals surface area (Å²) in [7, 11) is 0. The first-order valence-electron chi connectivity index (χ1n) is 5.46. The van der Waals surface area contributed by atoms with Gasteiger partial charge in [-0.2, -0.15) is 5.26 Å². The lowest BCUT2D eigenvalue weighted by molar-refractivity contribution is 0.626. The summed E-state index contributed by atoms with van der Waals surface area (Å²) in [5.74, 6) is 0.136. The number of halogens is 2. The molecule has 19 heavy (non-hydrogen) atoms. The van der Waals surface area contributed by atoms with E-state index in [1.807, 2.05) is 12.1 Å². The molecule has 0 atom stereocenters. The zero-order valence-corrected chi connectivity index (χ0v) is 11.4. The van der Waals surface area contributed by atoms with Crippen molar-refractivity contribution in [2.75, 3.05) is 5.73 Å². The third-order valence-electron chi connectivity index (χ3n) is 2.45. The number of hydrogen-bond acceptors (Lipinski definition) is 3. The van der Waals surface area contributed by atoms with Crippen LogP contribution in [0, 0.1) is 17.1 Å². The molecule has 96 valence electrons. The molecule has 0 aliphatic carbocycles. The van der Waals surface area contributed by atoms with Crippen LogP contribution in [0.4, 0.5) is 10.1 Å². The Hall–Kier alpha value is -1.70. The standard InChI is InChI=1S/C14H10ClFN2S/c15-11-1-2-14(13(18)6-11)19-8-10-3-9(7-17)4-12(16)5-10/h1-6H,8,18H2. The van der Waals surface area contributed by atoms with Crippen molar-refractivity contribution in [2.24, 2.45) is 0 Å². The molecule has 0 aliphatic rings. The van der Waals surface area contributed by atoms with Crippen molar-refractivity contribution in [3.63, 3.8) is 0 Å². The van der Waals surface area contributed by atoms with E-state index in [9.17, 15) is 4.39 Å². The van der Waals surface area contributed by atoms with Gasteiger partial charge in [-0.05, 0) is 42.0 Å². The van der Waals surface area contributed by atoms with Crippen molar-refractivity contribution in [1.29, 1.82) is 5.26 Å². The maximum Gasteiger partial charge on any atom is 0.124 e. The molecule has 0 spiro atoms. The Morgan fingerprint density at radius 3 is 2.74 bits per heavy atom. The molecular weight excluding hydrogens is 283 g/mol. The Labute approximate surface area is 120 Å². The lowest BCUT2D eigenvalue weighted by atomic mass is 10.1. The topological polar surface area (TPSA) is 49.8 Å². The molecule has 0 aliphatic heterocycles. The molecule has 2 aromatic carbocycles. The van der Waals surface area contributed by atoms with Gasteiger partial charge in [-0.3, -0.25) is 0 Å². The predicted molar refractivity (Wildman–Crippen MR) is 76.5 cm³/mol. The maximum absolute atomic E-state index is 13.3. The minimum atomic E-state index is -0.404. The van der Waals surface area contributed by atoms with Gasteiger partial charge in [0.05, 0.1) is 11.6 Å². The van der Waals surface area contributed by atoms with Crippen molar-refractivity contribution in [1.82, 2.24) is 0 Å². The van der Waals surface area contributed by atoms with E-state index in [0.29, 0.717) is 22.0 Å². The van der Waals surface area contributed by atoms with E-state index in [2.05, 4.69) is 0 Å². The van der Waals surface area contributed by atoms with Crippen LogP contribution in [-0.2, 0) is 5.75 Å². The third kappa shape index (κ3) is 3.63. The van der Waals surface area contributed by atoms with Gasteiger partial charge in [0.2, 0.25) is 0 Å². The van der Waals surface area contributed by atoms with Crippen molar-refractivity contribution < 1.29 is 4.39 Å². The first-order valence-corrected chi connectivity index (χ1v) is 6.82. The zero-order valence-electron chi connectivity index (χ0n) is 9.86. The normalized spacial score (nSPS) is 10.2. The van der Waals surface area contributed by atoms with Gasteiger partial charge in [-0.15, -0.1) is 11.8 Å². The highest BCUT2D eigenvalue weighted by atomic mass is 35.5. The van der Waals surface area contributed by atoms with Crippen LogP contribution < -0.4 is 5.73 Å². The van der Waals surface area contributed by atoms with E-state index >= 15 is 0 Å². The van der Waals surface area contributed by atoms with Crippen LogP contribution in [0.3, 0.4) is 0 Å². The zero-order chi connectivity index (χ0) is 13.8. The fourth-order valence-electron chi connectivity index (χ4n) is 1.61. The molecule has 0 saturated heterocycles. The molecule has 5 heteroatoms. The van der Waals surface area contributed by atoms with Gasteiger partial charge in [-0.1, -0.05) is 11.6 Å². The molecule has 0 heterocycles. The number of nitrogen functional groups attached to an aromatic ring is 1. The predicted octanol–water partition coefficient (Wildman–Crippen LogP) is 4.23. The van der Waals surface area contributed by atoms with Gasteiger partial charge < -0.3 is 5.73 Å². The summed E-state index contributed by atoms with van der Waals surface area (Å²) in [4.78, 5) is 0.882. The lowest BCUT2D eigenvalue weighted by Crippen LogP contribution is -1.90. The third-order valence-corrected chi connectivity index (χ3v) is 3.85. The molecule has 0 aromatic heterocycles. The largest absolute Gasteiger partial charge is 0.398 e. The van der Waals surface area contributed by atoms with Crippen LogP contribution in [0.15, 0.2) is 41.3 Å². The van der Waals surface area contributed by atoms with Gasteiger partial charge in [0.25, 0.3) is 0 Å². The maximum atomic E-state index is 13.3. The smallest absolute Gasteiger partial charge is 0.124 e. The molecule has 0 unspecified atom stereocenters. The molecule has 0 amide bonds. The van der Waals surface area contributed by atoms with E-state index in [0.717, 1.165) is 10.5 Å². The molecule has 0 fully saturated rings. The first kappa shape index (κ1) is 13.7. The Balaban J connectivity index is 2.14. The van der Waals surface area contributed by atoms with Crippen LogP contribution in [0.1, 0.15) is 11.1 Å². The Morgan fingerprint density at radius 2 is 2.05 bits per heavy atom. The van der Waals surface area contributed by atoms with E-state index < -0.39 is 5.82 Å². The lowest BCUT2D eigenvalue weighted by Gasteiger charge is -2.06. The number of anilines is 1. The second-order valence-corrected chi connectivity index (χ2v) is 5.38. The monoisotopic (exact) mass is 292 g/mol. The fraction of sp³-hybridized carbons (Fsp3) is 0.0714. The molecule has 2 aromatic rings. The second kappa shape index (κ2) is 5.96. The summed E-state index contributed by atoms with van der Waals surface area (Å²) in [6, 6.07) is 11.5. The number of rotatable bonds is 3. The first-order chi connectivity index (χ1) is 9.08. The Bertz CT molecular complexity index is 652. The summed E-state index contributed by atoms with van der Waals surface area (Å²) >= 11 is 7.30. The summed E-state index contributed by atoms with van der Waals surface area (Å²) in [6.07, 6.45) is 0. The van der Waals surface area contributed by atoms with Gasteiger partial charge >= 0.3 is 0 Å². The summed E-state index contributed by atoms with van der Waals surface area (Å²) < 4.78 is 13.3. The number of hydrogen-bond donors (Lipinski definition) is 1. The summed E-state index contributed by atoms with van der Waals surface area (Å²) in [6.45, 7) is 0. The average molecular weight is 293 g/mol. The Morgan fingerprint density at radius 1 is 1.26 bits per heavy atom. The van der Waals surface area contributed by atoms with E-state index in [4.69, 9.17) is 22.6 Å². The van der Waals surface area contributed by atoms with Gasteiger partial charge in [0, 0.05) is 21.4 Å². The minimum absolute atomic E-state index is 0.319. The molecule has 0 bridgehead atoms. The van der Waals surface area contributed by atoms with Crippen LogP contribution in [0.2, 0.25) is 5.02 Å². The number of benzene rings is 2. The fourth-order valence-corrected chi connectivity index (χ4v) is 2.67. The van der Waals surface area contributed by atoms with Crippen molar-refractivity contribution >= 4 is 29.1 Å². The van der Waals surface area contributed by atoms with Gasteiger partial charge in [-0.25, -0.2) is 4.39 Å². The number of nitrogens with zero attached hydrogens (tertiary/aromatic N) is 1. The molecular formula is C14H10ClFN2S. The molecule has 2 nitrogen and oxygen atoms in total. The summed E-state index contributed by atoms with van der Waals surface area (Å²) in [5, 5.41) is 9.37. The van der Waals surface area contributed by atoms with E-state index in [-0.39, 0.29) is 0 Å². The second-order valence-electron chi connectivity index (χ2n) is 3.93. The van der Waals surface area contributed by atoms with E-state index in [1.54, 1.807) is 18.2 Å². The number of nitriles is 1. The Kier molecular flexibility index (Phi) is 4.31. The SMILES string of the molecule is N#Cc1cc(F)cc(CSc2ccc(Cl)cc2N)c1. The quantitative estimate of drug-likeness (QED) is 0.680. The van der Waals surface area contributed by atoms with Crippen LogP contribution in [-0.4, -0.2) is 0 Å². The molecule has 0 saturated carbocycles. The van der Waals surface area contributed by atoms with Crippen molar-refractivity contribution in [3.05, 3.63) is 58.4 Å². The van der Waals surface area contributed by atoms with Crippen LogP contribution in [0.5, 0.6) is 0 Å². The average Bonchev–Trinajstić information content (AvgIpc) is 2.37. The molecule has 2 N–H and O–H groups in total. The molecule has 0 radical (unpaired) electrons. The van der Waals surface area contributed by atoms with Gasteiger partial charge in [0.1, 0.15) is 5.82 Å². The van der Waals surface area contributed by atoms with Crippen LogP contribution in [0.25, 0.3) is 0 Å². The van der Waals surface area contributed by atoms with Crippen molar-refractivity contribution in [2.45, 2.75) is 10.6 Å². The highest BCUT2D eigenvalue weighted by Gasteiger charge is 2.04.